The van der Waals surface area contributed by atoms with Gasteiger partial charge in [0.05, 0.1) is 28.0 Å². The molecule has 0 radical (unpaired) electrons. The Morgan fingerprint density at radius 3 is 2.61 bits per heavy atom. The van der Waals surface area contributed by atoms with Crippen LogP contribution in [0.15, 0.2) is 36.0 Å². The molecule has 1 fully saturated rings. The fraction of sp³-hybridized carbons (Fsp3) is 0.450. The molecular formula is C20H24N6OS. The zero-order valence-electron chi connectivity index (χ0n) is 16.2. The van der Waals surface area contributed by atoms with E-state index in [1.54, 1.807) is 0 Å². The Morgan fingerprint density at radius 2 is 1.93 bits per heavy atom. The van der Waals surface area contributed by atoms with Crippen molar-refractivity contribution in [1.82, 2.24) is 29.1 Å². The van der Waals surface area contributed by atoms with E-state index in [2.05, 4.69) is 21.6 Å². The third-order valence-electron chi connectivity index (χ3n) is 6.35. The minimum absolute atomic E-state index is 0.110. The maximum absolute atomic E-state index is 12.7. The SMILES string of the molecule is CN1CCn2c(-c3ccnn3C)cnc2C12CCN(C(=O)c1cccs1)CC2. The topological polar surface area (TPSA) is 59.2 Å². The van der Waals surface area contributed by atoms with Crippen LogP contribution in [0.4, 0.5) is 0 Å². The number of carbonyl (C=O) groups is 1. The fourth-order valence-corrected chi connectivity index (χ4v) is 5.37. The van der Waals surface area contributed by atoms with Gasteiger partial charge in [-0.2, -0.15) is 5.10 Å². The van der Waals surface area contributed by atoms with Crippen LogP contribution in [0.2, 0.25) is 0 Å². The summed E-state index contributed by atoms with van der Waals surface area (Å²) in [7, 11) is 4.16. The highest BCUT2D eigenvalue weighted by Crippen LogP contribution is 2.41. The van der Waals surface area contributed by atoms with Crippen LogP contribution >= 0.6 is 11.3 Å². The van der Waals surface area contributed by atoms with Crippen LogP contribution < -0.4 is 0 Å². The van der Waals surface area contributed by atoms with Crippen LogP contribution in [-0.2, 0) is 19.1 Å². The Bertz CT molecular complexity index is 996. The van der Waals surface area contributed by atoms with Crippen LogP contribution in [0.25, 0.3) is 11.4 Å². The van der Waals surface area contributed by atoms with E-state index in [9.17, 15) is 4.79 Å². The van der Waals surface area contributed by atoms with Crippen LogP contribution in [-0.4, -0.2) is 61.7 Å². The summed E-state index contributed by atoms with van der Waals surface area (Å²) < 4.78 is 4.26. The van der Waals surface area contributed by atoms with Crippen molar-refractivity contribution in [3.63, 3.8) is 0 Å². The molecule has 1 spiro atoms. The molecule has 5 rings (SSSR count). The lowest BCUT2D eigenvalue weighted by Gasteiger charge is -2.49. The van der Waals surface area contributed by atoms with Gasteiger partial charge in [0.2, 0.25) is 0 Å². The predicted octanol–water partition coefficient (Wildman–Crippen LogP) is 2.42. The summed E-state index contributed by atoms with van der Waals surface area (Å²) in [6.45, 7) is 3.42. The number of fused-ring (bicyclic) bond motifs is 2. The molecule has 1 saturated heterocycles. The van der Waals surface area contributed by atoms with Gasteiger partial charge in [-0.1, -0.05) is 6.07 Å². The number of thiophene rings is 1. The summed E-state index contributed by atoms with van der Waals surface area (Å²) in [6.07, 6.45) is 5.62. The molecule has 1 amide bonds. The molecule has 7 nitrogen and oxygen atoms in total. The van der Waals surface area contributed by atoms with Gasteiger partial charge in [-0.15, -0.1) is 11.3 Å². The quantitative estimate of drug-likeness (QED) is 0.668. The Kier molecular flexibility index (Phi) is 4.13. The molecule has 5 heterocycles. The average Bonchev–Trinajstić information content (AvgIpc) is 3.45. The number of rotatable bonds is 2. The summed E-state index contributed by atoms with van der Waals surface area (Å²) in [5.41, 5.74) is 2.10. The number of amides is 1. The molecule has 0 aliphatic carbocycles. The second-order valence-corrected chi connectivity index (χ2v) is 8.63. The van der Waals surface area contributed by atoms with Crippen molar-refractivity contribution in [2.75, 3.05) is 26.7 Å². The number of carbonyl (C=O) groups excluding carboxylic acids is 1. The molecule has 0 N–H and O–H groups in total. The van der Waals surface area contributed by atoms with Crippen LogP contribution in [0.1, 0.15) is 28.3 Å². The summed E-state index contributed by atoms with van der Waals surface area (Å²) in [5.74, 6) is 1.28. The molecule has 28 heavy (non-hydrogen) atoms. The normalized spacial score (nSPS) is 19.1. The summed E-state index contributed by atoms with van der Waals surface area (Å²) in [6, 6.07) is 5.89. The number of aromatic nitrogens is 4. The van der Waals surface area contributed by atoms with Crippen LogP contribution in [0.3, 0.4) is 0 Å². The summed E-state index contributed by atoms with van der Waals surface area (Å²) in [5, 5.41) is 6.28. The second-order valence-electron chi connectivity index (χ2n) is 7.68. The molecule has 0 aromatic carbocycles. The highest BCUT2D eigenvalue weighted by atomic mass is 32.1. The third-order valence-corrected chi connectivity index (χ3v) is 7.21. The highest BCUT2D eigenvalue weighted by molar-refractivity contribution is 7.12. The van der Waals surface area contributed by atoms with Crippen molar-refractivity contribution in [2.45, 2.75) is 24.9 Å². The lowest BCUT2D eigenvalue weighted by molar-refractivity contribution is 0.0103. The van der Waals surface area contributed by atoms with E-state index in [1.165, 1.54) is 11.3 Å². The first-order valence-corrected chi connectivity index (χ1v) is 10.6. The number of hydrogen-bond donors (Lipinski definition) is 0. The largest absolute Gasteiger partial charge is 0.338 e. The van der Waals surface area contributed by atoms with E-state index in [0.29, 0.717) is 0 Å². The van der Waals surface area contributed by atoms with Crippen molar-refractivity contribution in [1.29, 1.82) is 0 Å². The zero-order chi connectivity index (χ0) is 19.3. The van der Waals surface area contributed by atoms with Gasteiger partial charge in [-0.05, 0) is 37.4 Å². The summed E-state index contributed by atoms with van der Waals surface area (Å²) in [4.78, 5) is 22.9. The number of imidazole rings is 1. The zero-order valence-corrected chi connectivity index (χ0v) is 17.0. The maximum atomic E-state index is 12.7. The van der Waals surface area contributed by atoms with Gasteiger partial charge in [0.1, 0.15) is 5.82 Å². The predicted molar refractivity (Wildman–Crippen MR) is 108 cm³/mol. The molecule has 0 saturated carbocycles. The van der Waals surface area contributed by atoms with E-state index in [0.717, 1.165) is 61.1 Å². The molecule has 3 aromatic heterocycles. The molecule has 2 aliphatic heterocycles. The maximum Gasteiger partial charge on any atom is 0.263 e. The van der Waals surface area contributed by atoms with Gasteiger partial charge < -0.3 is 9.47 Å². The Hall–Kier alpha value is -2.45. The lowest BCUT2D eigenvalue weighted by atomic mass is 9.83. The molecule has 2 aliphatic rings. The summed E-state index contributed by atoms with van der Waals surface area (Å²) >= 11 is 1.52. The standard InChI is InChI=1S/C20H24N6OS/c1-23-11-12-26-16(15-5-8-22-24(15)2)14-21-19(26)20(23)6-9-25(10-7-20)18(27)17-4-3-13-28-17/h3-5,8,13-14H,6-7,9-12H2,1-2H3. The van der Waals surface area contributed by atoms with Gasteiger partial charge in [0, 0.05) is 39.4 Å². The molecule has 0 atom stereocenters. The van der Waals surface area contributed by atoms with Crippen molar-refractivity contribution in [2.24, 2.45) is 7.05 Å². The third kappa shape index (κ3) is 2.55. The first kappa shape index (κ1) is 17.6. The Balaban J connectivity index is 1.45. The molecule has 146 valence electrons. The molecule has 0 bridgehead atoms. The number of likely N-dealkylation sites (tertiary alicyclic amines) is 1. The van der Waals surface area contributed by atoms with Crippen LogP contribution in [0, 0.1) is 0 Å². The van der Waals surface area contributed by atoms with Crippen molar-refractivity contribution in [3.05, 3.63) is 46.7 Å². The fourth-order valence-electron chi connectivity index (χ4n) is 4.68. The Labute approximate surface area is 168 Å². The molecule has 0 unspecified atom stereocenters. The minimum atomic E-state index is -0.110. The van der Waals surface area contributed by atoms with E-state index >= 15 is 0 Å². The number of piperidine rings is 1. The first-order chi connectivity index (χ1) is 13.6. The average molecular weight is 397 g/mol. The van der Waals surface area contributed by atoms with Gasteiger partial charge in [-0.25, -0.2) is 4.98 Å². The number of likely N-dealkylation sites (N-methyl/N-ethyl adjacent to an activating group) is 1. The smallest absolute Gasteiger partial charge is 0.263 e. The van der Waals surface area contributed by atoms with Gasteiger partial charge in [-0.3, -0.25) is 14.4 Å². The van der Waals surface area contributed by atoms with Gasteiger partial charge >= 0.3 is 0 Å². The molecule has 8 heteroatoms. The monoisotopic (exact) mass is 396 g/mol. The number of aryl methyl sites for hydroxylation is 1. The lowest BCUT2D eigenvalue weighted by Crippen LogP contribution is -2.57. The number of hydrogen-bond acceptors (Lipinski definition) is 5. The Morgan fingerprint density at radius 1 is 1.11 bits per heavy atom. The molecular weight excluding hydrogens is 372 g/mol. The van der Waals surface area contributed by atoms with E-state index in [4.69, 9.17) is 4.98 Å². The van der Waals surface area contributed by atoms with Gasteiger partial charge in [0.25, 0.3) is 5.91 Å². The van der Waals surface area contributed by atoms with Crippen LogP contribution in [0.5, 0.6) is 0 Å². The van der Waals surface area contributed by atoms with Crippen molar-refractivity contribution < 1.29 is 4.79 Å². The van der Waals surface area contributed by atoms with E-state index in [1.807, 2.05) is 52.6 Å². The second kappa shape index (κ2) is 6.56. The van der Waals surface area contributed by atoms with Gasteiger partial charge in [0.15, 0.2) is 0 Å². The van der Waals surface area contributed by atoms with Crippen molar-refractivity contribution in [3.8, 4) is 11.4 Å². The van der Waals surface area contributed by atoms with E-state index in [-0.39, 0.29) is 11.4 Å². The number of nitrogens with zero attached hydrogens (tertiary/aromatic N) is 6. The van der Waals surface area contributed by atoms with E-state index < -0.39 is 0 Å². The molecule has 3 aromatic rings. The van der Waals surface area contributed by atoms with Crippen molar-refractivity contribution >= 4 is 17.2 Å². The minimum Gasteiger partial charge on any atom is -0.338 e. The first-order valence-electron chi connectivity index (χ1n) is 9.68. The highest BCUT2D eigenvalue weighted by Gasteiger charge is 2.46.